The van der Waals surface area contributed by atoms with Gasteiger partial charge in [-0.1, -0.05) is 30.7 Å². The van der Waals surface area contributed by atoms with Gasteiger partial charge in [0.05, 0.1) is 24.8 Å². The maximum absolute atomic E-state index is 12.4. The van der Waals surface area contributed by atoms with Gasteiger partial charge in [0.2, 0.25) is 11.8 Å². The lowest BCUT2D eigenvalue weighted by Crippen LogP contribution is -2.24. The van der Waals surface area contributed by atoms with Crippen LogP contribution in [0.15, 0.2) is 42.5 Å². The van der Waals surface area contributed by atoms with Gasteiger partial charge in [-0.15, -0.1) is 0 Å². The smallest absolute Gasteiger partial charge is 0.244 e. The van der Waals surface area contributed by atoms with Crippen LogP contribution in [0.5, 0.6) is 11.5 Å². The fourth-order valence-corrected chi connectivity index (χ4v) is 3.42. The summed E-state index contributed by atoms with van der Waals surface area (Å²) in [7, 11) is 1.55. The highest BCUT2D eigenvalue weighted by atomic mass is 35.5. The van der Waals surface area contributed by atoms with Crippen LogP contribution in [0.25, 0.3) is 6.08 Å². The van der Waals surface area contributed by atoms with Crippen molar-refractivity contribution >= 4 is 35.2 Å². The zero-order valence-electron chi connectivity index (χ0n) is 18.6. The Morgan fingerprint density at radius 2 is 1.94 bits per heavy atom. The Hall–Kier alpha value is -2.99. The van der Waals surface area contributed by atoms with Gasteiger partial charge in [0, 0.05) is 17.7 Å². The number of methoxy groups -OCH3 is 1. The number of benzene rings is 2. The molecule has 2 amide bonds. The SMILES string of the molecule is CCCOc1c(Cl)cc(/C=C/C(=O)NC(C)c2ccc(NC(=O)C3CC3)cc2)cc1OC. The first-order valence-electron chi connectivity index (χ1n) is 10.8. The van der Waals surface area contributed by atoms with Crippen molar-refractivity contribution in [2.24, 2.45) is 5.92 Å². The molecule has 0 spiro atoms. The third-order valence-electron chi connectivity index (χ3n) is 5.11. The number of hydrogen-bond acceptors (Lipinski definition) is 4. The molecular weight excluding hydrogens is 428 g/mol. The molecule has 2 N–H and O–H groups in total. The molecule has 0 heterocycles. The van der Waals surface area contributed by atoms with Gasteiger partial charge in [-0.3, -0.25) is 9.59 Å². The normalized spacial score (nSPS) is 14.1. The van der Waals surface area contributed by atoms with Crippen LogP contribution in [0, 0.1) is 5.92 Å². The summed E-state index contributed by atoms with van der Waals surface area (Å²) in [5.41, 5.74) is 2.44. The number of nitrogens with one attached hydrogen (secondary N) is 2. The van der Waals surface area contributed by atoms with Crippen LogP contribution < -0.4 is 20.1 Å². The molecule has 3 rings (SSSR count). The fourth-order valence-electron chi connectivity index (χ4n) is 3.14. The first-order valence-corrected chi connectivity index (χ1v) is 11.2. The number of carbonyl (C=O) groups is 2. The quantitative estimate of drug-likeness (QED) is 0.471. The number of ether oxygens (including phenoxy) is 2. The minimum atomic E-state index is -0.231. The fraction of sp³-hybridized carbons (Fsp3) is 0.360. The lowest BCUT2D eigenvalue weighted by Gasteiger charge is -2.14. The van der Waals surface area contributed by atoms with Crippen molar-refractivity contribution in [3.8, 4) is 11.5 Å². The van der Waals surface area contributed by atoms with Gasteiger partial charge < -0.3 is 20.1 Å². The van der Waals surface area contributed by atoms with Crippen LogP contribution in [-0.4, -0.2) is 25.5 Å². The van der Waals surface area contributed by atoms with Crippen molar-refractivity contribution in [3.05, 3.63) is 58.6 Å². The second-order valence-electron chi connectivity index (χ2n) is 7.83. The summed E-state index contributed by atoms with van der Waals surface area (Å²) in [6.07, 6.45) is 5.93. The minimum Gasteiger partial charge on any atom is -0.493 e. The highest BCUT2D eigenvalue weighted by Crippen LogP contribution is 2.37. The van der Waals surface area contributed by atoms with E-state index in [1.165, 1.54) is 6.08 Å². The topological polar surface area (TPSA) is 76.7 Å². The van der Waals surface area contributed by atoms with Crippen LogP contribution in [0.2, 0.25) is 5.02 Å². The second-order valence-corrected chi connectivity index (χ2v) is 8.24. The Morgan fingerprint density at radius 1 is 1.22 bits per heavy atom. The third-order valence-corrected chi connectivity index (χ3v) is 5.40. The van der Waals surface area contributed by atoms with E-state index in [0.717, 1.165) is 36.1 Å². The lowest BCUT2D eigenvalue weighted by molar-refractivity contribution is -0.118. The third kappa shape index (κ3) is 6.50. The molecule has 1 aliphatic carbocycles. The molecule has 32 heavy (non-hydrogen) atoms. The number of carbonyl (C=O) groups excluding carboxylic acids is 2. The van der Waals surface area contributed by atoms with E-state index < -0.39 is 0 Å². The predicted octanol–water partition coefficient (Wildman–Crippen LogP) is 5.38. The first kappa shape index (κ1) is 23.7. The van der Waals surface area contributed by atoms with E-state index in [0.29, 0.717) is 23.1 Å². The van der Waals surface area contributed by atoms with E-state index in [1.54, 1.807) is 25.3 Å². The summed E-state index contributed by atoms with van der Waals surface area (Å²) in [6, 6.07) is 10.8. The molecule has 0 bridgehead atoms. The molecule has 6 nitrogen and oxygen atoms in total. The van der Waals surface area contributed by atoms with Gasteiger partial charge in [-0.25, -0.2) is 0 Å². The average molecular weight is 457 g/mol. The largest absolute Gasteiger partial charge is 0.493 e. The van der Waals surface area contributed by atoms with E-state index in [1.807, 2.05) is 38.1 Å². The van der Waals surface area contributed by atoms with Gasteiger partial charge in [0.25, 0.3) is 0 Å². The number of rotatable bonds is 10. The molecule has 170 valence electrons. The molecule has 1 aliphatic rings. The number of amides is 2. The molecule has 1 saturated carbocycles. The molecule has 0 saturated heterocycles. The van der Waals surface area contributed by atoms with Crippen LogP contribution in [0.3, 0.4) is 0 Å². The molecule has 0 aliphatic heterocycles. The van der Waals surface area contributed by atoms with Crippen LogP contribution in [0.1, 0.15) is 50.3 Å². The molecule has 2 aromatic carbocycles. The molecule has 7 heteroatoms. The van der Waals surface area contributed by atoms with E-state index >= 15 is 0 Å². The Morgan fingerprint density at radius 3 is 2.56 bits per heavy atom. The van der Waals surface area contributed by atoms with Gasteiger partial charge >= 0.3 is 0 Å². The molecule has 1 fully saturated rings. The van der Waals surface area contributed by atoms with Crippen molar-refractivity contribution in [3.63, 3.8) is 0 Å². The van der Waals surface area contributed by atoms with E-state index in [2.05, 4.69) is 10.6 Å². The molecule has 0 aromatic heterocycles. The van der Waals surface area contributed by atoms with Crippen molar-refractivity contribution in [1.82, 2.24) is 5.32 Å². The molecule has 1 unspecified atom stereocenters. The first-order chi connectivity index (χ1) is 15.4. The lowest BCUT2D eigenvalue weighted by atomic mass is 10.1. The van der Waals surface area contributed by atoms with Gasteiger partial charge in [0.15, 0.2) is 11.5 Å². The molecule has 1 atom stereocenters. The van der Waals surface area contributed by atoms with Crippen LogP contribution in [-0.2, 0) is 9.59 Å². The van der Waals surface area contributed by atoms with Gasteiger partial charge in [-0.05, 0) is 67.7 Å². The van der Waals surface area contributed by atoms with E-state index in [9.17, 15) is 9.59 Å². The summed E-state index contributed by atoms with van der Waals surface area (Å²) >= 11 is 6.33. The summed E-state index contributed by atoms with van der Waals surface area (Å²) in [5.74, 6) is 1.03. The monoisotopic (exact) mass is 456 g/mol. The Labute approximate surface area is 193 Å². The predicted molar refractivity (Wildman–Crippen MR) is 127 cm³/mol. The Bertz CT molecular complexity index is 984. The summed E-state index contributed by atoms with van der Waals surface area (Å²) in [5, 5.41) is 6.28. The maximum atomic E-state index is 12.4. The standard InChI is InChI=1S/C25H29ClN2O4/c1-4-13-32-24-21(26)14-17(15-22(24)31-3)5-12-23(29)27-16(2)18-8-10-20(11-9-18)28-25(30)19-6-7-19/h5,8-12,14-16,19H,4,6-7,13H2,1-3H3,(H,27,29)(H,28,30)/b12-5+. The van der Waals surface area contributed by atoms with E-state index in [-0.39, 0.29) is 23.8 Å². The summed E-state index contributed by atoms with van der Waals surface area (Å²) in [4.78, 5) is 24.3. The van der Waals surface area contributed by atoms with Gasteiger partial charge in [0.1, 0.15) is 0 Å². The average Bonchev–Trinajstić information content (AvgIpc) is 3.62. The Kier molecular flexibility index (Phi) is 8.17. The highest BCUT2D eigenvalue weighted by molar-refractivity contribution is 6.32. The molecular formula is C25H29ClN2O4. The van der Waals surface area contributed by atoms with Gasteiger partial charge in [-0.2, -0.15) is 0 Å². The second kappa shape index (κ2) is 11.0. The number of hydrogen-bond donors (Lipinski definition) is 2. The Balaban J connectivity index is 1.58. The van der Waals surface area contributed by atoms with Crippen LogP contribution in [0.4, 0.5) is 5.69 Å². The van der Waals surface area contributed by atoms with E-state index in [4.69, 9.17) is 21.1 Å². The van der Waals surface area contributed by atoms with Crippen molar-refractivity contribution in [2.45, 2.75) is 39.2 Å². The maximum Gasteiger partial charge on any atom is 0.244 e. The zero-order valence-corrected chi connectivity index (χ0v) is 19.4. The molecule has 2 aromatic rings. The van der Waals surface area contributed by atoms with Crippen molar-refractivity contribution in [2.75, 3.05) is 19.0 Å². The molecule has 0 radical (unpaired) electrons. The zero-order chi connectivity index (χ0) is 23.1. The van der Waals surface area contributed by atoms with Crippen LogP contribution >= 0.6 is 11.6 Å². The highest BCUT2D eigenvalue weighted by Gasteiger charge is 2.29. The van der Waals surface area contributed by atoms with Crippen molar-refractivity contribution < 1.29 is 19.1 Å². The van der Waals surface area contributed by atoms with Crippen molar-refractivity contribution in [1.29, 1.82) is 0 Å². The minimum absolute atomic E-state index is 0.0749. The number of halogens is 1. The number of anilines is 1. The summed E-state index contributed by atoms with van der Waals surface area (Å²) < 4.78 is 11.0. The summed E-state index contributed by atoms with van der Waals surface area (Å²) in [6.45, 7) is 4.46.